The quantitative estimate of drug-likeness (QED) is 0.255. The second kappa shape index (κ2) is 10.1. The highest BCUT2D eigenvalue weighted by molar-refractivity contribution is 7.16. The molecule has 7 nitrogen and oxygen atoms in total. The number of para-hydroxylation sites is 1. The molecule has 182 valence electrons. The molecule has 37 heavy (non-hydrogen) atoms. The molecule has 4 aromatic rings. The zero-order chi connectivity index (χ0) is 25.9. The summed E-state index contributed by atoms with van der Waals surface area (Å²) in [5.41, 5.74) is 4.08. The zero-order valence-corrected chi connectivity index (χ0v) is 20.6. The molecule has 0 spiro atoms. The Balaban J connectivity index is 1.47. The lowest BCUT2D eigenvalue weighted by Gasteiger charge is -2.09. The van der Waals surface area contributed by atoms with E-state index in [0.29, 0.717) is 22.7 Å². The Morgan fingerprint density at radius 1 is 1.11 bits per heavy atom. The van der Waals surface area contributed by atoms with Crippen molar-refractivity contribution < 1.29 is 14.7 Å². The van der Waals surface area contributed by atoms with Crippen LogP contribution < -0.4 is 5.32 Å². The summed E-state index contributed by atoms with van der Waals surface area (Å²) in [6, 6.07) is 18.6. The van der Waals surface area contributed by atoms with E-state index in [-0.39, 0.29) is 11.1 Å². The average Bonchev–Trinajstić information content (AvgIpc) is 3.44. The second-order valence-electron chi connectivity index (χ2n) is 8.89. The maximum atomic E-state index is 13.1. The first-order valence-electron chi connectivity index (χ1n) is 11.9. The van der Waals surface area contributed by atoms with Crippen molar-refractivity contribution in [1.82, 2.24) is 4.57 Å². The summed E-state index contributed by atoms with van der Waals surface area (Å²) in [4.78, 5) is 25.6. The van der Waals surface area contributed by atoms with Gasteiger partial charge in [-0.3, -0.25) is 4.79 Å². The molecule has 2 heterocycles. The Morgan fingerprint density at radius 3 is 2.70 bits per heavy atom. The summed E-state index contributed by atoms with van der Waals surface area (Å²) in [6.07, 6.45) is 7.25. The van der Waals surface area contributed by atoms with Gasteiger partial charge in [0.1, 0.15) is 22.7 Å². The SMILES string of the molecule is N#C/C(=C\c1cn(Cc2cccc(C(=O)O)c2)c2ccccc12)C(=O)Nc1sc2c(c1C#N)CCCC2. The third-order valence-electron chi connectivity index (χ3n) is 6.52. The number of carbonyl (C=O) groups excluding carboxylic acids is 1. The highest BCUT2D eigenvalue weighted by atomic mass is 32.1. The number of nitriles is 2. The van der Waals surface area contributed by atoms with Gasteiger partial charge in [-0.1, -0.05) is 30.3 Å². The first-order chi connectivity index (χ1) is 18.0. The maximum Gasteiger partial charge on any atom is 0.335 e. The molecular formula is C29H22N4O3S. The number of thiophene rings is 1. The van der Waals surface area contributed by atoms with Crippen LogP contribution in [0.4, 0.5) is 5.00 Å². The Morgan fingerprint density at radius 2 is 1.92 bits per heavy atom. The largest absolute Gasteiger partial charge is 0.478 e. The molecule has 0 saturated heterocycles. The van der Waals surface area contributed by atoms with Gasteiger partial charge >= 0.3 is 5.97 Å². The minimum atomic E-state index is -0.987. The van der Waals surface area contributed by atoms with E-state index in [1.807, 2.05) is 47.2 Å². The lowest BCUT2D eigenvalue weighted by Crippen LogP contribution is -2.13. The van der Waals surface area contributed by atoms with Crippen molar-refractivity contribution in [2.45, 2.75) is 32.2 Å². The van der Waals surface area contributed by atoms with Crippen LogP contribution in [-0.4, -0.2) is 21.6 Å². The smallest absolute Gasteiger partial charge is 0.335 e. The number of benzene rings is 2. The number of nitrogens with one attached hydrogen (secondary N) is 1. The van der Waals surface area contributed by atoms with E-state index < -0.39 is 11.9 Å². The predicted molar refractivity (Wildman–Crippen MR) is 142 cm³/mol. The molecule has 1 aliphatic carbocycles. The molecule has 0 aliphatic heterocycles. The van der Waals surface area contributed by atoms with Crippen LogP contribution in [0, 0.1) is 22.7 Å². The fourth-order valence-corrected chi connectivity index (χ4v) is 6.00. The standard InChI is InChI=1S/C29H22N4O3S/c30-14-20(27(34)32-28-24(15-31)23-9-2-4-11-26(23)37-28)13-21-17-33(25-10-3-1-8-22(21)25)16-18-6-5-7-19(12-18)29(35)36/h1,3,5-8,10,12-13,17H,2,4,9,11,16H2,(H,32,34)(H,35,36)/b20-13+. The number of carbonyl (C=O) groups is 2. The lowest BCUT2D eigenvalue weighted by atomic mass is 9.96. The molecule has 2 aromatic heterocycles. The van der Waals surface area contributed by atoms with Crippen molar-refractivity contribution in [2.24, 2.45) is 0 Å². The molecule has 0 unspecified atom stereocenters. The summed E-state index contributed by atoms with van der Waals surface area (Å²) >= 11 is 1.42. The third-order valence-corrected chi connectivity index (χ3v) is 7.73. The van der Waals surface area contributed by atoms with Crippen LogP contribution >= 0.6 is 11.3 Å². The average molecular weight is 507 g/mol. The maximum absolute atomic E-state index is 13.1. The van der Waals surface area contributed by atoms with Crippen molar-refractivity contribution >= 4 is 45.2 Å². The van der Waals surface area contributed by atoms with E-state index in [9.17, 15) is 25.2 Å². The number of carboxylic acids is 1. The number of aromatic carboxylic acids is 1. The first-order valence-corrected chi connectivity index (χ1v) is 12.7. The minimum absolute atomic E-state index is 0.0639. The number of hydrogen-bond donors (Lipinski definition) is 2. The molecule has 0 radical (unpaired) electrons. The fourth-order valence-electron chi connectivity index (χ4n) is 4.77. The highest BCUT2D eigenvalue weighted by Gasteiger charge is 2.23. The molecule has 1 amide bonds. The topological polar surface area (TPSA) is 119 Å². The summed E-state index contributed by atoms with van der Waals surface area (Å²) in [5, 5.41) is 33.0. The molecule has 0 saturated carbocycles. The van der Waals surface area contributed by atoms with Gasteiger partial charge in [-0.15, -0.1) is 11.3 Å². The number of fused-ring (bicyclic) bond motifs is 2. The van der Waals surface area contributed by atoms with Gasteiger partial charge < -0.3 is 15.0 Å². The molecular weight excluding hydrogens is 484 g/mol. The van der Waals surface area contributed by atoms with Gasteiger partial charge in [-0.2, -0.15) is 10.5 Å². The number of hydrogen-bond acceptors (Lipinski definition) is 5. The Hall–Kier alpha value is -4.66. The van der Waals surface area contributed by atoms with Crippen LogP contribution in [0.25, 0.3) is 17.0 Å². The van der Waals surface area contributed by atoms with Crippen LogP contribution in [0.3, 0.4) is 0 Å². The predicted octanol–water partition coefficient (Wildman–Crippen LogP) is 5.75. The zero-order valence-electron chi connectivity index (χ0n) is 19.8. The monoisotopic (exact) mass is 506 g/mol. The van der Waals surface area contributed by atoms with Crippen molar-refractivity contribution in [3.63, 3.8) is 0 Å². The van der Waals surface area contributed by atoms with Gasteiger partial charge in [0, 0.05) is 34.1 Å². The van der Waals surface area contributed by atoms with E-state index in [4.69, 9.17) is 0 Å². The summed E-state index contributed by atoms with van der Waals surface area (Å²) in [6.45, 7) is 0.426. The van der Waals surface area contributed by atoms with E-state index >= 15 is 0 Å². The van der Waals surface area contributed by atoms with Gasteiger partial charge in [0.25, 0.3) is 5.91 Å². The Kier molecular flexibility index (Phi) is 6.59. The number of aromatic nitrogens is 1. The number of carboxylic acid groups (broad SMARTS) is 1. The van der Waals surface area contributed by atoms with Gasteiger partial charge in [0.15, 0.2) is 0 Å². The molecule has 1 aliphatic rings. The normalized spacial score (nSPS) is 13.0. The van der Waals surface area contributed by atoms with Crippen molar-refractivity contribution in [3.05, 3.63) is 93.0 Å². The second-order valence-corrected chi connectivity index (χ2v) is 9.99. The first kappa shape index (κ1) is 24.1. The van der Waals surface area contributed by atoms with Crippen LogP contribution in [0.1, 0.15) is 50.3 Å². The lowest BCUT2D eigenvalue weighted by molar-refractivity contribution is -0.112. The number of aryl methyl sites for hydroxylation is 1. The number of rotatable bonds is 6. The van der Waals surface area contributed by atoms with E-state index in [0.717, 1.165) is 52.6 Å². The van der Waals surface area contributed by atoms with Gasteiger partial charge in [-0.05, 0) is 61.1 Å². The number of anilines is 1. The molecule has 0 fully saturated rings. The van der Waals surface area contributed by atoms with Crippen molar-refractivity contribution in [3.8, 4) is 12.1 Å². The molecule has 0 bridgehead atoms. The van der Waals surface area contributed by atoms with Crippen LogP contribution in [0.2, 0.25) is 0 Å². The fraction of sp³-hybridized carbons (Fsp3) is 0.172. The van der Waals surface area contributed by atoms with Crippen molar-refractivity contribution in [2.75, 3.05) is 5.32 Å². The van der Waals surface area contributed by atoms with Gasteiger partial charge in [0.2, 0.25) is 0 Å². The van der Waals surface area contributed by atoms with E-state index in [2.05, 4.69) is 11.4 Å². The molecule has 0 atom stereocenters. The number of nitrogens with zero attached hydrogens (tertiary/aromatic N) is 3. The van der Waals surface area contributed by atoms with E-state index in [1.54, 1.807) is 24.3 Å². The summed E-state index contributed by atoms with van der Waals surface area (Å²) in [5.74, 6) is -1.54. The van der Waals surface area contributed by atoms with Gasteiger partial charge in [-0.25, -0.2) is 4.79 Å². The van der Waals surface area contributed by atoms with Crippen molar-refractivity contribution in [1.29, 1.82) is 10.5 Å². The Bertz CT molecular complexity index is 1660. The van der Waals surface area contributed by atoms with Crippen LogP contribution in [0.5, 0.6) is 0 Å². The number of amides is 1. The van der Waals surface area contributed by atoms with E-state index in [1.165, 1.54) is 11.3 Å². The van der Waals surface area contributed by atoms with Gasteiger partial charge in [0.05, 0.1) is 11.1 Å². The molecule has 8 heteroatoms. The minimum Gasteiger partial charge on any atom is -0.478 e. The molecule has 2 aromatic carbocycles. The van der Waals surface area contributed by atoms with Crippen LogP contribution in [0.15, 0.2) is 60.3 Å². The molecule has 5 rings (SSSR count). The summed E-state index contributed by atoms with van der Waals surface area (Å²) < 4.78 is 1.97. The third kappa shape index (κ3) is 4.75. The highest BCUT2D eigenvalue weighted by Crippen LogP contribution is 2.38. The molecule has 2 N–H and O–H groups in total. The van der Waals surface area contributed by atoms with Crippen LogP contribution in [-0.2, 0) is 24.2 Å². The Labute approximate surface area is 217 Å². The summed E-state index contributed by atoms with van der Waals surface area (Å²) in [7, 11) is 0.